The Morgan fingerprint density at radius 3 is 2.17 bits per heavy atom. The van der Waals surface area contributed by atoms with E-state index in [0.29, 0.717) is 28.9 Å². The van der Waals surface area contributed by atoms with Gasteiger partial charge in [0.1, 0.15) is 11.3 Å². The van der Waals surface area contributed by atoms with Gasteiger partial charge in [-0.15, -0.1) is 0 Å². The summed E-state index contributed by atoms with van der Waals surface area (Å²) in [6, 6.07) is 34.0. The number of aromatic nitrogens is 1. The van der Waals surface area contributed by atoms with Crippen molar-refractivity contribution in [1.29, 1.82) is 0 Å². The molecule has 0 saturated carbocycles. The van der Waals surface area contributed by atoms with Gasteiger partial charge in [-0.05, 0) is 59.9 Å². The average molecular weight is 560 g/mol. The number of aryl methyl sites for hydroxylation is 1. The Labute approximate surface area is 244 Å². The monoisotopic (exact) mass is 559 g/mol. The number of fused-ring (bicyclic) bond motifs is 1. The summed E-state index contributed by atoms with van der Waals surface area (Å²) in [4.78, 5) is 40.1. The third-order valence-corrected chi connectivity index (χ3v) is 7.13. The summed E-state index contributed by atoms with van der Waals surface area (Å²) < 4.78 is 6.86. The number of methoxy groups -OCH3 is 1. The molecule has 0 atom stereocenters. The molecule has 7 nitrogen and oxygen atoms in total. The zero-order chi connectivity index (χ0) is 29.3. The number of rotatable bonds is 11. The SMILES string of the molecule is COc1ccc(Cn2c(=O)c(C(=O)NCCCc3ccccc3)cc3c(NC(=O)Cc4ccccc4)cccc32)cc1. The molecule has 0 unspecified atom stereocenters. The van der Waals surface area contributed by atoms with Crippen molar-refractivity contribution in [2.24, 2.45) is 0 Å². The van der Waals surface area contributed by atoms with Crippen LogP contribution in [-0.4, -0.2) is 30.0 Å². The topological polar surface area (TPSA) is 89.4 Å². The zero-order valence-corrected chi connectivity index (χ0v) is 23.5. The highest BCUT2D eigenvalue weighted by molar-refractivity contribution is 6.05. The maximum atomic E-state index is 13.8. The van der Waals surface area contributed by atoms with E-state index in [1.165, 1.54) is 5.56 Å². The van der Waals surface area contributed by atoms with Crippen LogP contribution in [0.4, 0.5) is 5.69 Å². The van der Waals surface area contributed by atoms with Gasteiger partial charge in [0.2, 0.25) is 5.91 Å². The highest BCUT2D eigenvalue weighted by Gasteiger charge is 2.18. The maximum absolute atomic E-state index is 13.8. The third kappa shape index (κ3) is 6.93. The van der Waals surface area contributed by atoms with Crippen molar-refractivity contribution in [2.45, 2.75) is 25.8 Å². The molecule has 7 heteroatoms. The molecule has 0 radical (unpaired) electrons. The van der Waals surface area contributed by atoms with Crippen molar-refractivity contribution in [3.8, 4) is 5.75 Å². The van der Waals surface area contributed by atoms with Crippen molar-refractivity contribution >= 4 is 28.4 Å². The molecule has 0 aliphatic rings. The van der Waals surface area contributed by atoms with E-state index >= 15 is 0 Å². The van der Waals surface area contributed by atoms with Crippen molar-refractivity contribution in [2.75, 3.05) is 19.0 Å². The summed E-state index contributed by atoms with van der Waals surface area (Å²) in [7, 11) is 1.60. The highest BCUT2D eigenvalue weighted by atomic mass is 16.5. The molecule has 0 fully saturated rings. The summed E-state index contributed by atoms with van der Waals surface area (Å²) in [6.07, 6.45) is 1.76. The van der Waals surface area contributed by atoms with Crippen LogP contribution in [0.1, 0.15) is 33.5 Å². The van der Waals surface area contributed by atoms with Gasteiger partial charge < -0.3 is 19.9 Å². The van der Waals surface area contributed by atoms with E-state index in [4.69, 9.17) is 4.74 Å². The Morgan fingerprint density at radius 2 is 1.48 bits per heavy atom. The minimum absolute atomic E-state index is 0.0282. The van der Waals surface area contributed by atoms with Gasteiger partial charge in [-0.3, -0.25) is 14.4 Å². The van der Waals surface area contributed by atoms with Gasteiger partial charge in [0.15, 0.2) is 0 Å². The minimum Gasteiger partial charge on any atom is -0.497 e. The number of anilines is 1. The first-order valence-electron chi connectivity index (χ1n) is 14.0. The van der Waals surface area contributed by atoms with Gasteiger partial charge in [0, 0.05) is 11.9 Å². The number of amides is 2. The number of benzene rings is 4. The first kappa shape index (κ1) is 28.4. The van der Waals surface area contributed by atoms with Gasteiger partial charge in [0.05, 0.1) is 31.3 Å². The third-order valence-electron chi connectivity index (χ3n) is 7.13. The summed E-state index contributed by atoms with van der Waals surface area (Å²) in [5.74, 6) is 0.0837. The number of carbonyl (C=O) groups is 2. The molecule has 0 bridgehead atoms. The van der Waals surface area contributed by atoms with Crippen LogP contribution in [0.25, 0.3) is 10.9 Å². The van der Waals surface area contributed by atoms with Crippen LogP contribution in [-0.2, 0) is 24.2 Å². The Bertz CT molecular complexity index is 1730. The number of carbonyl (C=O) groups excluding carboxylic acids is 2. The van der Waals surface area contributed by atoms with E-state index in [9.17, 15) is 14.4 Å². The molecule has 212 valence electrons. The summed E-state index contributed by atoms with van der Waals surface area (Å²) in [5, 5.41) is 6.52. The van der Waals surface area contributed by atoms with Gasteiger partial charge in [-0.25, -0.2) is 0 Å². The molecule has 5 aromatic rings. The quantitative estimate of drug-likeness (QED) is 0.206. The summed E-state index contributed by atoms with van der Waals surface area (Å²) in [5.41, 5.74) is 3.74. The number of hydrogen-bond acceptors (Lipinski definition) is 4. The first-order chi connectivity index (χ1) is 20.5. The van der Waals surface area contributed by atoms with Crippen LogP contribution < -0.4 is 20.9 Å². The average Bonchev–Trinajstić information content (AvgIpc) is 3.02. The lowest BCUT2D eigenvalue weighted by molar-refractivity contribution is -0.115. The van der Waals surface area contributed by atoms with Crippen LogP contribution in [0.2, 0.25) is 0 Å². The standard InChI is InChI=1S/C35H33N3O4/c1-42-28-19-17-27(18-20-28)24-38-32-16-8-15-31(37-33(39)22-26-12-6-3-7-13-26)29(32)23-30(35(38)41)34(40)36-21-9-14-25-10-4-2-5-11-25/h2-8,10-13,15-20,23H,9,14,21-22,24H2,1H3,(H,36,40)(H,37,39). The predicted molar refractivity (Wildman–Crippen MR) is 166 cm³/mol. The fourth-order valence-electron chi connectivity index (χ4n) is 4.95. The second-order valence-electron chi connectivity index (χ2n) is 10.1. The van der Waals surface area contributed by atoms with Crippen molar-refractivity contribution in [3.05, 3.63) is 142 Å². The molecule has 2 N–H and O–H groups in total. The lowest BCUT2D eigenvalue weighted by Crippen LogP contribution is -2.34. The van der Waals surface area contributed by atoms with E-state index in [-0.39, 0.29) is 24.4 Å². The van der Waals surface area contributed by atoms with Crippen LogP contribution in [0, 0.1) is 0 Å². The second-order valence-corrected chi connectivity index (χ2v) is 10.1. The molecule has 1 aromatic heterocycles. The zero-order valence-electron chi connectivity index (χ0n) is 23.5. The minimum atomic E-state index is -0.441. The molecule has 0 aliphatic heterocycles. The normalized spacial score (nSPS) is 10.8. The number of nitrogens with zero attached hydrogens (tertiary/aromatic N) is 1. The van der Waals surface area contributed by atoms with Crippen LogP contribution in [0.3, 0.4) is 0 Å². The van der Waals surface area contributed by atoms with E-state index in [0.717, 1.165) is 24.0 Å². The van der Waals surface area contributed by atoms with Crippen molar-refractivity contribution in [3.63, 3.8) is 0 Å². The predicted octanol–water partition coefficient (Wildman–Crippen LogP) is 5.60. The van der Waals surface area contributed by atoms with E-state index in [1.807, 2.05) is 78.9 Å². The van der Waals surface area contributed by atoms with Crippen LogP contribution in [0.15, 0.2) is 114 Å². The number of pyridine rings is 1. The largest absolute Gasteiger partial charge is 0.497 e. The molecule has 0 spiro atoms. The van der Waals surface area contributed by atoms with E-state index in [1.54, 1.807) is 29.9 Å². The summed E-state index contributed by atoms with van der Waals surface area (Å²) in [6.45, 7) is 0.676. The van der Waals surface area contributed by atoms with Crippen LogP contribution >= 0.6 is 0 Å². The number of ether oxygens (including phenoxy) is 1. The summed E-state index contributed by atoms with van der Waals surface area (Å²) >= 11 is 0. The molecular formula is C35H33N3O4. The highest BCUT2D eigenvalue weighted by Crippen LogP contribution is 2.25. The molecule has 2 amide bonds. The molecular weight excluding hydrogens is 526 g/mol. The number of nitrogens with one attached hydrogen (secondary N) is 2. The molecule has 0 aliphatic carbocycles. The molecule has 0 saturated heterocycles. The van der Waals surface area contributed by atoms with Gasteiger partial charge >= 0.3 is 0 Å². The van der Waals surface area contributed by atoms with Gasteiger partial charge in [-0.2, -0.15) is 0 Å². The molecule has 42 heavy (non-hydrogen) atoms. The van der Waals surface area contributed by atoms with Gasteiger partial charge in [0.25, 0.3) is 11.5 Å². The Balaban J connectivity index is 1.45. The first-order valence-corrected chi connectivity index (χ1v) is 14.0. The molecule has 1 heterocycles. The molecule has 4 aromatic carbocycles. The van der Waals surface area contributed by atoms with Crippen molar-refractivity contribution in [1.82, 2.24) is 9.88 Å². The lowest BCUT2D eigenvalue weighted by atomic mass is 10.1. The Morgan fingerprint density at radius 1 is 0.786 bits per heavy atom. The fraction of sp³-hybridized carbons (Fsp3) is 0.171. The Kier molecular flexibility index (Phi) is 9.09. The Hall–Kier alpha value is -5.17. The second kappa shape index (κ2) is 13.5. The van der Waals surface area contributed by atoms with Crippen molar-refractivity contribution < 1.29 is 14.3 Å². The molecule has 5 rings (SSSR count). The fourth-order valence-corrected chi connectivity index (χ4v) is 4.95. The van der Waals surface area contributed by atoms with E-state index < -0.39 is 11.5 Å². The maximum Gasteiger partial charge on any atom is 0.264 e. The van der Waals surface area contributed by atoms with Crippen LogP contribution in [0.5, 0.6) is 5.75 Å². The number of hydrogen-bond donors (Lipinski definition) is 2. The van der Waals surface area contributed by atoms with E-state index in [2.05, 4.69) is 22.8 Å². The lowest BCUT2D eigenvalue weighted by Gasteiger charge is -2.16. The van der Waals surface area contributed by atoms with Gasteiger partial charge in [-0.1, -0.05) is 78.9 Å². The smallest absolute Gasteiger partial charge is 0.264 e.